The quantitative estimate of drug-likeness (QED) is 0.890. The van der Waals surface area contributed by atoms with Crippen LogP contribution in [0, 0.1) is 5.92 Å². The van der Waals surface area contributed by atoms with Crippen LogP contribution < -0.4 is 5.32 Å². The minimum atomic E-state index is 0.0206. The predicted molar refractivity (Wildman–Crippen MR) is 71.2 cm³/mol. The lowest BCUT2D eigenvalue weighted by Gasteiger charge is -2.42. The minimum Gasteiger partial charge on any atom is -0.319 e. The van der Waals surface area contributed by atoms with Crippen LogP contribution in [0.2, 0.25) is 5.02 Å². The highest BCUT2D eigenvalue weighted by Crippen LogP contribution is 2.37. The van der Waals surface area contributed by atoms with Crippen molar-refractivity contribution in [3.05, 3.63) is 34.9 Å². The summed E-state index contributed by atoms with van der Waals surface area (Å²) in [5.74, 6) is 0.959. The second-order valence-electron chi connectivity index (χ2n) is 5.37. The van der Waals surface area contributed by atoms with Gasteiger partial charge in [0.1, 0.15) is 6.17 Å². The van der Waals surface area contributed by atoms with E-state index in [9.17, 15) is 4.79 Å². The highest BCUT2D eigenvalue weighted by Gasteiger charge is 2.41. The summed E-state index contributed by atoms with van der Waals surface area (Å²) in [6, 6.07) is 8.15. The largest absolute Gasteiger partial charge is 0.319 e. The van der Waals surface area contributed by atoms with Crippen molar-refractivity contribution in [2.75, 3.05) is 6.54 Å². The maximum Gasteiger partial charge on any atom is 0.238 e. The highest BCUT2D eigenvalue weighted by molar-refractivity contribution is 6.30. The Morgan fingerprint density at radius 3 is 2.56 bits per heavy atom. The molecule has 1 aromatic carbocycles. The Morgan fingerprint density at radius 1 is 1.28 bits per heavy atom. The van der Waals surface area contributed by atoms with Crippen LogP contribution in [-0.2, 0) is 4.79 Å². The molecule has 1 N–H and O–H groups in total. The molecule has 2 aliphatic rings. The van der Waals surface area contributed by atoms with Crippen LogP contribution in [0.5, 0.6) is 0 Å². The summed E-state index contributed by atoms with van der Waals surface area (Å²) in [5, 5.41) is 4.02. The number of benzene rings is 1. The van der Waals surface area contributed by atoms with Gasteiger partial charge in [0.05, 0.1) is 6.54 Å². The van der Waals surface area contributed by atoms with Crippen molar-refractivity contribution in [3.63, 3.8) is 0 Å². The fourth-order valence-corrected chi connectivity index (χ4v) is 3.07. The van der Waals surface area contributed by atoms with E-state index in [1.807, 2.05) is 29.2 Å². The first-order valence-electron chi connectivity index (χ1n) is 6.45. The van der Waals surface area contributed by atoms with E-state index in [0.717, 1.165) is 29.3 Å². The summed E-state index contributed by atoms with van der Waals surface area (Å²) in [4.78, 5) is 14.0. The van der Waals surface area contributed by atoms with Crippen LogP contribution in [0.4, 0.5) is 0 Å². The third-order valence-corrected chi connectivity index (χ3v) is 4.19. The van der Waals surface area contributed by atoms with Gasteiger partial charge in [-0.3, -0.25) is 10.1 Å². The van der Waals surface area contributed by atoms with Crippen LogP contribution in [0.15, 0.2) is 24.3 Å². The molecule has 1 aromatic rings. The summed E-state index contributed by atoms with van der Waals surface area (Å²) in [7, 11) is 0. The van der Waals surface area contributed by atoms with Gasteiger partial charge in [0.15, 0.2) is 0 Å². The number of hydrogen-bond donors (Lipinski definition) is 1. The van der Waals surface area contributed by atoms with Crippen molar-refractivity contribution in [1.82, 2.24) is 10.2 Å². The molecule has 0 aromatic heterocycles. The van der Waals surface area contributed by atoms with E-state index in [1.54, 1.807) is 0 Å². The van der Waals surface area contributed by atoms with Gasteiger partial charge in [-0.25, -0.2) is 0 Å². The lowest BCUT2D eigenvalue weighted by molar-refractivity contribution is -0.133. The third kappa shape index (κ3) is 2.02. The van der Waals surface area contributed by atoms with Gasteiger partial charge in [-0.05, 0) is 36.5 Å². The molecular weight excluding hydrogens is 248 g/mol. The van der Waals surface area contributed by atoms with Gasteiger partial charge in [-0.1, -0.05) is 30.7 Å². The fraction of sp³-hybridized carbons (Fsp3) is 0.500. The van der Waals surface area contributed by atoms with Crippen LogP contribution in [0.1, 0.15) is 31.5 Å². The van der Waals surface area contributed by atoms with Crippen molar-refractivity contribution in [2.45, 2.75) is 32.0 Å². The Kier molecular flexibility index (Phi) is 3.04. The maximum atomic E-state index is 12.0. The Labute approximate surface area is 112 Å². The van der Waals surface area contributed by atoms with E-state index >= 15 is 0 Å². The van der Waals surface area contributed by atoms with E-state index in [4.69, 9.17) is 11.6 Å². The zero-order chi connectivity index (χ0) is 12.7. The smallest absolute Gasteiger partial charge is 0.238 e. The number of rotatable bonds is 2. The average molecular weight is 265 g/mol. The number of carbonyl (C=O) groups is 1. The first-order valence-corrected chi connectivity index (χ1v) is 6.83. The maximum absolute atomic E-state index is 12.0. The van der Waals surface area contributed by atoms with E-state index in [2.05, 4.69) is 12.2 Å². The number of amides is 1. The Bertz CT molecular complexity index is 453. The standard InChI is InChI=1S/C14H17ClN2O/c1-9-6-12(7-9)17-13(18)8-16-14(17)10-2-4-11(15)5-3-10/h2-5,9,12,14,16H,6-8H2,1H3. The number of nitrogens with zero attached hydrogens (tertiary/aromatic N) is 1. The molecule has 96 valence electrons. The first-order chi connectivity index (χ1) is 8.65. The van der Waals surface area contributed by atoms with Crippen LogP contribution >= 0.6 is 11.6 Å². The normalized spacial score (nSPS) is 31.6. The topological polar surface area (TPSA) is 32.3 Å². The molecule has 0 radical (unpaired) electrons. The zero-order valence-corrected chi connectivity index (χ0v) is 11.2. The zero-order valence-electron chi connectivity index (χ0n) is 10.4. The van der Waals surface area contributed by atoms with Gasteiger partial charge in [0.25, 0.3) is 0 Å². The molecule has 0 spiro atoms. The lowest BCUT2D eigenvalue weighted by Crippen LogP contribution is -2.46. The van der Waals surface area contributed by atoms with E-state index in [0.29, 0.717) is 12.6 Å². The van der Waals surface area contributed by atoms with Crippen molar-refractivity contribution >= 4 is 17.5 Å². The second-order valence-corrected chi connectivity index (χ2v) is 5.80. The van der Waals surface area contributed by atoms with E-state index < -0.39 is 0 Å². The monoisotopic (exact) mass is 264 g/mol. The van der Waals surface area contributed by atoms with Crippen molar-refractivity contribution < 1.29 is 4.79 Å². The van der Waals surface area contributed by atoms with E-state index in [1.165, 1.54) is 0 Å². The van der Waals surface area contributed by atoms with Crippen LogP contribution in [0.25, 0.3) is 0 Å². The summed E-state index contributed by atoms with van der Waals surface area (Å²) in [6.45, 7) is 2.68. The molecule has 18 heavy (non-hydrogen) atoms. The molecule has 1 aliphatic heterocycles. The molecule has 1 aliphatic carbocycles. The summed E-state index contributed by atoms with van der Waals surface area (Å²) < 4.78 is 0. The van der Waals surface area contributed by atoms with Gasteiger partial charge in [0, 0.05) is 11.1 Å². The molecule has 0 bridgehead atoms. The molecule has 1 saturated carbocycles. The molecule has 1 saturated heterocycles. The lowest BCUT2D eigenvalue weighted by atomic mass is 9.80. The molecule has 2 fully saturated rings. The fourth-order valence-electron chi connectivity index (χ4n) is 2.94. The summed E-state index contributed by atoms with van der Waals surface area (Å²) >= 11 is 5.90. The Hall–Kier alpha value is -1.06. The third-order valence-electron chi connectivity index (χ3n) is 3.94. The summed E-state index contributed by atoms with van der Waals surface area (Å²) in [5.41, 5.74) is 1.12. The minimum absolute atomic E-state index is 0.0206. The number of halogens is 1. The van der Waals surface area contributed by atoms with Crippen molar-refractivity contribution in [1.29, 1.82) is 0 Å². The van der Waals surface area contributed by atoms with Crippen molar-refractivity contribution in [3.8, 4) is 0 Å². The molecule has 1 atom stereocenters. The van der Waals surface area contributed by atoms with Crippen LogP contribution in [-0.4, -0.2) is 23.4 Å². The molecule has 1 heterocycles. The SMILES string of the molecule is CC1CC(N2C(=O)CNC2c2ccc(Cl)cc2)C1. The average Bonchev–Trinajstić information content (AvgIpc) is 2.68. The van der Waals surface area contributed by atoms with E-state index in [-0.39, 0.29) is 12.1 Å². The van der Waals surface area contributed by atoms with Gasteiger partial charge >= 0.3 is 0 Å². The second kappa shape index (κ2) is 4.56. The number of carbonyl (C=O) groups excluding carboxylic acids is 1. The number of nitrogens with one attached hydrogen (secondary N) is 1. The van der Waals surface area contributed by atoms with Gasteiger partial charge in [-0.15, -0.1) is 0 Å². The van der Waals surface area contributed by atoms with Gasteiger partial charge < -0.3 is 4.90 Å². The molecule has 4 heteroatoms. The van der Waals surface area contributed by atoms with Gasteiger partial charge in [0.2, 0.25) is 5.91 Å². The number of hydrogen-bond acceptors (Lipinski definition) is 2. The predicted octanol–water partition coefficient (Wildman–Crippen LogP) is 2.57. The van der Waals surface area contributed by atoms with Crippen molar-refractivity contribution in [2.24, 2.45) is 5.92 Å². The Balaban J connectivity index is 1.82. The van der Waals surface area contributed by atoms with Gasteiger partial charge in [-0.2, -0.15) is 0 Å². The highest BCUT2D eigenvalue weighted by atomic mass is 35.5. The summed E-state index contributed by atoms with van der Waals surface area (Å²) in [6.07, 6.45) is 2.27. The molecule has 1 amide bonds. The molecule has 3 nitrogen and oxygen atoms in total. The molecule has 1 unspecified atom stereocenters. The molecule has 3 rings (SSSR count). The first kappa shape index (κ1) is 12.0. The Morgan fingerprint density at radius 2 is 1.94 bits per heavy atom. The molecular formula is C14H17ClN2O. The van der Waals surface area contributed by atoms with Crippen LogP contribution in [0.3, 0.4) is 0 Å².